The number of aliphatic hydroxyl groups is 2. The minimum absolute atomic E-state index is 0.0740. The highest BCUT2D eigenvalue weighted by Crippen LogP contribution is 2.66. The average molecular weight is 616 g/mol. The van der Waals surface area contributed by atoms with Gasteiger partial charge in [0.05, 0.1) is 34.4 Å². The Bertz CT molecular complexity index is 1670. The normalized spacial score (nSPS) is 29.2. The molecule has 5 aliphatic rings. The van der Waals surface area contributed by atoms with E-state index >= 15 is 4.79 Å². The van der Waals surface area contributed by atoms with Crippen molar-refractivity contribution in [3.8, 4) is 17.2 Å². The lowest BCUT2D eigenvalue weighted by molar-refractivity contribution is -0.134. The fraction of sp³-hybridized carbons (Fsp3) is 0.514. The van der Waals surface area contributed by atoms with E-state index in [0.29, 0.717) is 42.9 Å². The number of aromatic nitrogens is 1. The maximum Gasteiger partial charge on any atom is 0.252 e. The van der Waals surface area contributed by atoms with Crippen LogP contribution < -0.4 is 5.73 Å². The number of likely N-dealkylation sites (tertiary alicyclic amines) is 1. The van der Waals surface area contributed by atoms with E-state index in [-0.39, 0.29) is 63.3 Å². The Morgan fingerprint density at radius 3 is 2.49 bits per heavy atom. The van der Waals surface area contributed by atoms with Crippen LogP contribution >= 0.6 is 0 Å². The van der Waals surface area contributed by atoms with E-state index in [4.69, 9.17) is 14.9 Å². The minimum Gasteiger partial charge on any atom is -0.510 e. The van der Waals surface area contributed by atoms with Gasteiger partial charge in [0.15, 0.2) is 5.78 Å². The van der Waals surface area contributed by atoms with Gasteiger partial charge in [0, 0.05) is 31.3 Å². The number of nitrogens with two attached hydrogens (primary N) is 1. The molecule has 2 unspecified atom stereocenters. The number of ether oxygens (including phenoxy) is 1. The maximum absolute atomic E-state index is 15.1. The van der Waals surface area contributed by atoms with Gasteiger partial charge in [-0.2, -0.15) is 0 Å². The Balaban J connectivity index is 1.39. The van der Waals surface area contributed by atoms with Crippen LogP contribution in [0.3, 0.4) is 0 Å². The number of hydrogen-bond donors (Lipinski definition) is 4. The van der Waals surface area contributed by atoms with Crippen LogP contribution in [0, 0.1) is 23.2 Å². The van der Waals surface area contributed by atoms with Crippen LogP contribution in [0.5, 0.6) is 5.75 Å². The summed E-state index contributed by atoms with van der Waals surface area (Å²) in [5.74, 6) is -1.99. The van der Waals surface area contributed by atoms with E-state index in [9.17, 15) is 20.1 Å². The number of aromatic hydroxyl groups is 1. The molecule has 0 spiro atoms. The summed E-state index contributed by atoms with van der Waals surface area (Å²) < 4.78 is 11.5. The second-order valence-electron chi connectivity index (χ2n) is 13.7. The fourth-order valence-corrected chi connectivity index (χ4v) is 8.85. The van der Waals surface area contributed by atoms with Crippen molar-refractivity contribution in [2.75, 3.05) is 20.2 Å². The molecule has 7 rings (SSSR count). The molecule has 10 heteroatoms. The third kappa shape index (κ3) is 4.25. The van der Waals surface area contributed by atoms with Crippen molar-refractivity contribution >= 4 is 17.4 Å². The number of phenols is 1. The lowest BCUT2D eigenvalue weighted by Gasteiger charge is -2.56. The third-order valence-electron chi connectivity index (χ3n) is 11.1. The van der Waals surface area contributed by atoms with Gasteiger partial charge in [0.2, 0.25) is 5.89 Å². The van der Waals surface area contributed by atoms with Crippen LogP contribution in [0.25, 0.3) is 17.2 Å². The number of carbonyl (C=O) groups is 2. The lowest BCUT2D eigenvalue weighted by Crippen LogP contribution is -2.62. The predicted octanol–water partition coefficient (Wildman–Crippen LogP) is 4.94. The van der Waals surface area contributed by atoms with Gasteiger partial charge in [-0.25, -0.2) is 4.98 Å². The number of primary amides is 1. The van der Waals surface area contributed by atoms with Crippen molar-refractivity contribution in [2.24, 2.45) is 28.9 Å². The molecular weight excluding hydrogens is 574 g/mol. The molecule has 5 N–H and O–H groups in total. The molecular formula is C35H41N3O7. The number of amides is 1. The number of rotatable bonds is 6. The van der Waals surface area contributed by atoms with Gasteiger partial charge in [-0.1, -0.05) is 20.4 Å². The van der Waals surface area contributed by atoms with Gasteiger partial charge in [0.25, 0.3) is 5.91 Å². The Labute approximate surface area is 262 Å². The summed E-state index contributed by atoms with van der Waals surface area (Å²) in [5.41, 5.74) is 7.40. The standard InChI is InChI=1S/C35H41N3O7/c1-16(2)24-15-45-34(37-24)21-7-8-25(39)28-22(21)13-18-14-23-29(38-11-9-20(44-4)10-12-38)31(41)26(33(36)43)17(3)35(23,19-5-6-19)32(42)27(18)30(28)40/h7-8,15-16,18-20,23,29,39-41H,3,5-6,9-14H2,1-2,4H3,(H2,36,43)/t18?,23-,29?,35-/m0/s1. The van der Waals surface area contributed by atoms with E-state index in [2.05, 4.69) is 16.5 Å². The first kappa shape index (κ1) is 29.8. The zero-order valence-corrected chi connectivity index (χ0v) is 26.0. The van der Waals surface area contributed by atoms with E-state index in [1.165, 1.54) is 6.07 Å². The molecule has 45 heavy (non-hydrogen) atoms. The molecule has 3 fully saturated rings. The van der Waals surface area contributed by atoms with Gasteiger partial charge in [-0.3, -0.25) is 14.5 Å². The SMILES string of the molecule is C=C1C(C(N)=O)=C(O)C(N2CCC(OC)CC2)[C@@H]2CC3Cc4c(-c5nc(C(C)C)co5)ccc(O)c4C(O)=C3C(=O)[C@]12C1CC1. The molecule has 1 aliphatic heterocycles. The first-order valence-corrected chi connectivity index (χ1v) is 16.0. The van der Waals surface area contributed by atoms with Crippen LogP contribution in [0.2, 0.25) is 0 Å². The highest BCUT2D eigenvalue weighted by molar-refractivity contribution is 6.12. The monoisotopic (exact) mass is 615 g/mol. The van der Waals surface area contributed by atoms with E-state index in [1.54, 1.807) is 19.4 Å². The summed E-state index contributed by atoms with van der Waals surface area (Å²) >= 11 is 0. The Morgan fingerprint density at radius 2 is 1.89 bits per heavy atom. The van der Waals surface area contributed by atoms with Crippen molar-refractivity contribution in [3.05, 3.63) is 64.3 Å². The summed E-state index contributed by atoms with van der Waals surface area (Å²) in [6, 6.07) is 2.61. The highest BCUT2D eigenvalue weighted by atomic mass is 16.5. The van der Waals surface area contributed by atoms with Gasteiger partial charge < -0.3 is 30.2 Å². The Morgan fingerprint density at radius 1 is 1.18 bits per heavy atom. The molecule has 10 nitrogen and oxygen atoms in total. The number of fused-ring (bicyclic) bond motifs is 3. The largest absolute Gasteiger partial charge is 0.510 e. The highest BCUT2D eigenvalue weighted by Gasteiger charge is 2.67. The molecule has 1 saturated heterocycles. The van der Waals surface area contributed by atoms with Crippen LogP contribution in [-0.2, 0) is 20.7 Å². The molecule has 2 aromatic rings. The van der Waals surface area contributed by atoms with E-state index in [0.717, 1.165) is 31.4 Å². The molecule has 4 atom stereocenters. The number of methoxy groups -OCH3 is 1. The smallest absolute Gasteiger partial charge is 0.252 e. The van der Waals surface area contributed by atoms with E-state index in [1.807, 2.05) is 13.8 Å². The number of hydrogen-bond acceptors (Lipinski definition) is 9. The zero-order valence-electron chi connectivity index (χ0n) is 26.0. The number of ketones is 1. The zero-order chi connectivity index (χ0) is 31.9. The number of carbonyl (C=O) groups excluding carboxylic acids is 2. The predicted molar refractivity (Wildman–Crippen MR) is 166 cm³/mol. The minimum atomic E-state index is -1.21. The van der Waals surface area contributed by atoms with Gasteiger partial charge in [0.1, 0.15) is 23.5 Å². The molecule has 2 saturated carbocycles. The number of allylic oxidation sites excluding steroid dienone is 1. The van der Waals surface area contributed by atoms with Crippen LogP contribution in [-0.4, -0.2) is 69.2 Å². The van der Waals surface area contributed by atoms with Crippen LogP contribution in [0.15, 0.2) is 51.9 Å². The molecule has 1 aromatic carbocycles. The quantitative estimate of drug-likeness (QED) is 0.353. The maximum atomic E-state index is 15.1. The lowest BCUT2D eigenvalue weighted by atomic mass is 9.48. The van der Waals surface area contributed by atoms with Crippen LogP contribution in [0.4, 0.5) is 0 Å². The molecule has 0 bridgehead atoms. The van der Waals surface area contributed by atoms with Crippen molar-refractivity contribution in [3.63, 3.8) is 0 Å². The molecule has 1 aromatic heterocycles. The van der Waals surface area contributed by atoms with Crippen molar-refractivity contribution in [1.29, 1.82) is 0 Å². The number of piperidine rings is 1. The number of nitrogens with zero attached hydrogens (tertiary/aromatic N) is 2. The van der Waals surface area contributed by atoms with Crippen molar-refractivity contribution < 1.29 is 34.1 Å². The summed E-state index contributed by atoms with van der Waals surface area (Å²) in [6.45, 7) is 9.57. The summed E-state index contributed by atoms with van der Waals surface area (Å²) in [5, 5.41) is 34.7. The van der Waals surface area contributed by atoms with Gasteiger partial charge in [-0.05, 0) is 85.5 Å². The van der Waals surface area contributed by atoms with Crippen molar-refractivity contribution in [2.45, 2.75) is 70.4 Å². The Kier molecular flexibility index (Phi) is 7.01. The third-order valence-corrected chi connectivity index (χ3v) is 11.1. The second-order valence-corrected chi connectivity index (χ2v) is 13.7. The summed E-state index contributed by atoms with van der Waals surface area (Å²) in [6.07, 6.45) is 5.57. The van der Waals surface area contributed by atoms with Crippen molar-refractivity contribution in [1.82, 2.24) is 9.88 Å². The number of Topliss-reactive ketones (excluding diaryl/α,β-unsaturated/α-hetero) is 1. The van der Waals surface area contributed by atoms with Gasteiger partial charge >= 0.3 is 0 Å². The summed E-state index contributed by atoms with van der Waals surface area (Å²) in [4.78, 5) is 34.9. The molecule has 0 radical (unpaired) electrons. The molecule has 1 amide bonds. The first-order valence-electron chi connectivity index (χ1n) is 16.0. The average Bonchev–Trinajstić information content (AvgIpc) is 3.73. The Hall–Kier alpha value is -3.89. The second kappa shape index (κ2) is 10.6. The topological polar surface area (TPSA) is 159 Å². The number of phenolic OH excluding ortho intramolecular Hbond substituents is 1. The number of oxazole rings is 1. The molecule has 238 valence electrons. The molecule has 4 aliphatic carbocycles. The fourth-order valence-electron chi connectivity index (χ4n) is 8.85. The van der Waals surface area contributed by atoms with Gasteiger partial charge in [-0.15, -0.1) is 0 Å². The number of aliphatic hydroxyl groups excluding tert-OH is 2. The number of benzene rings is 1. The van der Waals surface area contributed by atoms with Crippen LogP contribution in [0.1, 0.15) is 68.7 Å². The van der Waals surface area contributed by atoms with E-state index < -0.39 is 29.2 Å². The summed E-state index contributed by atoms with van der Waals surface area (Å²) in [7, 11) is 1.70. The molecule has 2 heterocycles. The first-order chi connectivity index (χ1) is 21.5.